The maximum absolute atomic E-state index is 2.56. The molecule has 2 aliphatic carbocycles. The molecule has 4 heteroatoms. The van der Waals surface area contributed by atoms with Crippen LogP contribution in [-0.2, 0) is 22.9 Å². The molecular formula is C19H21Cl2HfP. The summed E-state index contributed by atoms with van der Waals surface area (Å²) in [6, 6.07) is 9.03. The van der Waals surface area contributed by atoms with E-state index in [2.05, 4.69) is 49.4 Å². The molecule has 0 spiro atoms. The van der Waals surface area contributed by atoms with E-state index in [-0.39, 0.29) is 32.7 Å². The third-order valence-electron chi connectivity index (χ3n) is 4.73. The maximum Gasteiger partial charge on any atom is -1.00 e. The molecule has 2 atom stereocenters. The van der Waals surface area contributed by atoms with Crippen LogP contribution < -0.4 is 24.8 Å². The average Bonchev–Trinajstić information content (AvgIpc) is 3.02. The second-order valence-corrected chi connectivity index (χ2v) is 13.9. The van der Waals surface area contributed by atoms with Gasteiger partial charge in [0.05, 0.1) is 0 Å². The topological polar surface area (TPSA) is 0 Å². The Morgan fingerprint density at radius 2 is 2.04 bits per heavy atom. The Bertz CT molecular complexity index is 663. The first kappa shape index (κ1) is 19.6. The van der Waals surface area contributed by atoms with E-state index in [1.807, 2.05) is 8.64 Å². The van der Waals surface area contributed by atoms with Gasteiger partial charge in [-0.25, -0.2) is 0 Å². The van der Waals surface area contributed by atoms with Crippen LogP contribution in [-0.4, -0.2) is 12.3 Å². The van der Waals surface area contributed by atoms with Crippen molar-refractivity contribution >= 4 is 14.0 Å². The van der Waals surface area contributed by atoms with E-state index in [1.54, 1.807) is 11.1 Å². The minimum atomic E-state index is -0.742. The second-order valence-electron chi connectivity index (χ2n) is 6.15. The number of allylic oxidation sites excluding steroid dienone is 5. The van der Waals surface area contributed by atoms with Gasteiger partial charge in [0.2, 0.25) is 0 Å². The van der Waals surface area contributed by atoms with Gasteiger partial charge in [0.1, 0.15) is 0 Å². The normalized spacial score (nSPS) is 23.1. The van der Waals surface area contributed by atoms with E-state index < -0.39 is 22.9 Å². The fourth-order valence-electron chi connectivity index (χ4n) is 3.57. The summed E-state index contributed by atoms with van der Waals surface area (Å²) in [5.74, 6) is 0. The number of fused-ring (bicyclic) bond motifs is 2. The van der Waals surface area contributed by atoms with E-state index >= 15 is 0 Å². The summed E-state index contributed by atoms with van der Waals surface area (Å²) in [4.78, 5) is 0. The molecular weight excluding hydrogens is 509 g/mol. The summed E-state index contributed by atoms with van der Waals surface area (Å²) >= 11 is -0.742. The fourth-order valence-corrected chi connectivity index (χ4v) is 13.9. The van der Waals surface area contributed by atoms with Gasteiger partial charge >= 0.3 is 141 Å². The van der Waals surface area contributed by atoms with Crippen molar-refractivity contribution in [2.24, 2.45) is 0 Å². The molecule has 0 saturated carbocycles. The molecule has 1 saturated heterocycles. The van der Waals surface area contributed by atoms with Crippen LogP contribution in [0.2, 0.25) is 0 Å². The first-order valence-electron chi connectivity index (χ1n) is 8.08. The van der Waals surface area contributed by atoms with Gasteiger partial charge in [-0.3, -0.25) is 0 Å². The van der Waals surface area contributed by atoms with Crippen LogP contribution >= 0.6 is 7.92 Å². The molecule has 2 unspecified atom stereocenters. The number of halogens is 2. The van der Waals surface area contributed by atoms with Crippen LogP contribution in [0.3, 0.4) is 0 Å². The second kappa shape index (κ2) is 8.61. The van der Waals surface area contributed by atoms with Crippen LogP contribution in [0.25, 0.3) is 6.08 Å². The quantitative estimate of drug-likeness (QED) is 0.363. The largest absolute Gasteiger partial charge is 1.00 e. The van der Waals surface area contributed by atoms with Crippen LogP contribution in [0.15, 0.2) is 50.6 Å². The summed E-state index contributed by atoms with van der Waals surface area (Å²) in [6.07, 6.45) is 14.5. The Labute approximate surface area is 164 Å². The minimum absolute atomic E-state index is 0. The molecule has 0 N–H and O–H groups in total. The third kappa shape index (κ3) is 3.79. The first-order chi connectivity index (χ1) is 10.4. The van der Waals surface area contributed by atoms with Crippen molar-refractivity contribution in [3.8, 4) is 0 Å². The van der Waals surface area contributed by atoms with Crippen molar-refractivity contribution in [2.75, 3.05) is 12.3 Å². The van der Waals surface area contributed by atoms with Crippen molar-refractivity contribution in [2.45, 2.75) is 29.9 Å². The molecule has 0 bridgehead atoms. The van der Waals surface area contributed by atoms with Crippen LogP contribution in [0.4, 0.5) is 0 Å². The van der Waals surface area contributed by atoms with Crippen molar-refractivity contribution in [1.29, 1.82) is 0 Å². The molecule has 0 aromatic heterocycles. The molecule has 0 amide bonds. The molecule has 1 aromatic carbocycles. The number of rotatable bonds is 5. The number of hydrogen-bond donors (Lipinski definition) is 0. The van der Waals surface area contributed by atoms with Gasteiger partial charge in [-0.05, 0) is 0 Å². The van der Waals surface area contributed by atoms with Crippen molar-refractivity contribution in [3.05, 3.63) is 61.8 Å². The van der Waals surface area contributed by atoms with E-state index in [0.717, 1.165) is 3.67 Å². The molecule has 1 aliphatic heterocycles. The number of benzene rings is 1. The Morgan fingerprint density at radius 3 is 2.87 bits per heavy atom. The van der Waals surface area contributed by atoms with Crippen molar-refractivity contribution < 1.29 is 47.7 Å². The van der Waals surface area contributed by atoms with E-state index in [0.29, 0.717) is 0 Å². The van der Waals surface area contributed by atoms with Gasteiger partial charge in [0, 0.05) is 0 Å². The zero-order valence-electron chi connectivity index (χ0n) is 13.4. The molecule has 1 aromatic rings. The summed E-state index contributed by atoms with van der Waals surface area (Å²) in [7, 11) is 0.265. The molecule has 120 valence electrons. The van der Waals surface area contributed by atoms with Gasteiger partial charge in [0.15, 0.2) is 0 Å². The molecule has 23 heavy (non-hydrogen) atoms. The molecule has 3 aliphatic rings. The van der Waals surface area contributed by atoms with Crippen molar-refractivity contribution in [3.63, 3.8) is 0 Å². The molecule has 1 heterocycles. The molecule has 4 rings (SSSR count). The number of unbranched alkanes of at least 4 members (excludes halogenated alkanes) is 1. The van der Waals surface area contributed by atoms with E-state index in [1.165, 1.54) is 37.1 Å². The van der Waals surface area contributed by atoms with Crippen LogP contribution in [0.5, 0.6) is 0 Å². The summed E-state index contributed by atoms with van der Waals surface area (Å²) in [6.45, 7) is 2.33. The molecule has 1 fully saturated rings. The van der Waals surface area contributed by atoms with E-state index in [4.69, 9.17) is 0 Å². The maximum atomic E-state index is 2.56. The monoisotopic (exact) mass is 530 g/mol. The first-order valence-corrected chi connectivity index (χ1v) is 13.7. The fraction of sp³-hybridized carbons (Fsp3) is 0.368. The standard InChI is InChI=1S/C10H14P.C9H7.2ClH.Hf/c1-2-3-7-11-8-9-5-4-6-10(9)11;1-2-5-9-7-3-6-8(9)4-1;;;/h5H,2-4,7-8H2,1H3;1-7H;2*1H;/q;;;;+2/p-2. The SMILES string of the molecule is CCCCP1CC2=CC[C]([Hf+2][CH]3C=Cc4ccccc43)=C21.[Cl-].[Cl-]. The smallest absolute Gasteiger partial charge is 1.00 e. The Hall–Kier alpha value is 0.320. The van der Waals surface area contributed by atoms with Gasteiger partial charge in [-0.15, -0.1) is 0 Å². The van der Waals surface area contributed by atoms with Crippen molar-refractivity contribution in [1.82, 2.24) is 0 Å². The Morgan fingerprint density at radius 1 is 1.22 bits per heavy atom. The zero-order chi connectivity index (χ0) is 14.2. The molecule has 0 nitrogen and oxygen atoms in total. The zero-order valence-corrected chi connectivity index (χ0v) is 19.4. The summed E-state index contributed by atoms with van der Waals surface area (Å²) in [5, 5.41) is 1.92. The summed E-state index contributed by atoms with van der Waals surface area (Å²) < 4.78 is 2.78. The predicted molar refractivity (Wildman–Crippen MR) is 89.5 cm³/mol. The minimum Gasteiger partial charge on any atom is -1.00 e. The molecule has 0 radical (unpaired) electrons. The number of hydrogen-bond acceptors (Lipinski definition) is 0. The third-order valence-corrected chi connectivity index (χ3v) is 14.1. The van der Waals surface area contributed by atoms with Crippen LogP contribution in [0.1, 0.15) is 41.0 Å². The Kier molecular flexibility index (Phi) is 7.36. The van der Waals surface area contributed by atoms with Crippen LogP contribution in [0, 0.1) is 0 Å². The summed E-state index contributed by atoms with van der Waals surface area (Å²) in [5.41, 5.74) is 4.86. The van der Waals surface area contributed by atoms with Gasteiger partial charge in [0.25, 0.3) is 0 Å². The predicted octanol–water partition coefficient (Wildman–Crippen LogP) is -0.318. The van der Waals surface area contributed by atoms with Gasteiger partial charge in [-0.2, -0.15) is 0 Å². The van der Waals surface area contributed by atoms with Gasteiger partial charge in [-0.1, -0.05) is 0 Å². The van der Waals surface area contributed by atoms with E-state index in [9.17, 15) is 0 Å². The average molecular weight is 530 g/mol. The van der Waals surface area contributed by atoms with Gasteiger partial charge < -0.3 is 24.8 Å². The Balaban J connectivity index is 0.000000960.